The van der Waals surface area contributed by atoms with E-state index in [2.05, 4.69) is 27.7 Å². The Morgan fingerprint density at radius 3 is 2.59 bits per heavy atom. The van der Waals surface area contributed by atoms with Crippen LogP contribution in [0.15, 0.2) is 18.2 Å². The maximum atomic E-state index is 13.2. The third-order valence-electron chi connectivity index (χ3n) is 2.92. The van der Waals surface area contributed by atoms with Crippen molar-refractivity contribution in [1.82, 2.24) is 9.78 Å². The number of nitrogens with zero attached hydrogens (tertiary/aromatic N) is 2. The fourth-order valence-electron chi connectivity index (χ4n) is 1.80. The molecule has 2 rings (SSSR count). The molecule has 90 valence electrons. The zero-order valence-electron chi connectivity index (χ0n) is 10.1. The van der Waals surface area contributed by atoms with Gasteiger partial charge in [0.2, 0.25) is 0 Å². The summed E-state index contributed by atoms with van der Waals surface area (Å²) in [6, 6.07) is 4.88. The predicted molar refractivity (Wildman–Crippen MR) is 74.7 cm³/mol. The maximum Gasteiger partial charge on any atom is 0.123 e. The largest absolute Gasteiger partial charge is 0.264 e. The summed E-state index contributed by atoms with van der Waals surface area (Å²) in [4.78, 5) is 0. The first-order chi connectivity index (χ1) is 7.99. The number of rotatable bonds is 2. The van der Waals surface area contributed by atoms with E-state index in [1.807, 2.05) is 25.5 Å². The van der Waals surface area contributed by atoms with Crippen LogP contribution >= 0.6 is 22.6 Å². The lowest BCUT2D eigenvalue weighted by Crippen LogP contribution is -2.06. The van der Waals surface area contributed by atoms with Crippen LogP contribution in [0.2, 0.25) is 0 Å². The van der Waals surface area contributed by atoms with Crippen molar-refractivity contribution in [3.05, 3.63) is 50.1 Å². The summed E-state index contributed by atoms with van der Waals surface area (Å²) in [7, 11) is 0. The van der Waals surface area contributed by atoms with E-state index in [4.69, 9.17) is 0 Å². The smallest absolute Gasteiger partial charge is 0.123 e. The molecular formula is C13H14FIN2. The van der Waals surface area contributed by atoms with Gasteiger partial charge in [-0.05, 0) is 66.6 Å². The fourth-order valence-corrected chi connectivity index (χ4v) is 2.19. The molecule has 0 atom stereocenters. The Bertz CT molecular complexity index is 561. The minimum Gasteiger partial charge on any atom is -0.264 e. The molecule has 0 aliphatic rings. The molecule has 0 fully saturated rings. The van der Waals surface area contributed by atoms with Crippen molar-refractivity contribution in [2.75, 3.05) is 0 Å². The van der Waals surface area contributed by atoms with Crippen molar-refractivity contribution >= 4 is 22.6 Å². The number of halogens is 2. The van der Waals surface area contributed by atoms with Crippen molar-refractivity contribution in [3.8, 4) is 0 Å². The number of aromatic nitrogens is 2. The van der Waals surface area contributed by atoms with Crippen molar-refractivity contribution in [2.24, 2.45) is 0 Å². The topological polar surface area (TPSA) is 17.8 Å². The standard InChI is InChI=1S/C13H14FIN2/c1-8-4-5-12(14)6-11(8)7-17-10(3)13(15)9(2)16-17/h4-6H,7H2,1-3H3. The van der Waals surface area contributed by atoms with Crippen LogP contribution in [-0.4, -0.2) is 9.78 Å². The minimum absolute atomic E-state index is 0.193. The quantitative estimate of drug-likeness (QED) is 0.762. The second-order valence-electron chi connectivity index (χ2n) is 4.21. The van der Waals surface area contributed by atoms with E-state index in [-0.39, 0.29) is 5.82 Å². The Morgan fingerprint density at radius 1 is 1.29 bits per heavy atom. The Morgan fingerprint density at radius 2 is 2.00 bits per heavy atom. The zero-order chi connectivity index (χ0) is 12.6. The van der Waals surface area contributed by atoms with Crippen LogP contribution in [0.25, 0.3) is 0 Å². The van der Waals surface area contributed by atoms with Crippen LogP contribution in [0.5, 0.6) is 0 Å². The van der Waals surface area contributed by atoms with Gasteiger partial charge in [0.05, 0.1) is 15.8 Å². The summed E-state index contributed by atoms with van der Waals surface area (Å²) < 4.78 is 16.3. The van der Waals surface area contributed by atoms with Crippen LogP contribution in [-0.2, 0) is 6.54 Å². The molecule has 0 aliphatic carbocycles. The molecule has 2 nitrogen and oxygen atoms in total. The highest BCUT2D eigenvalue weighted by Crippen LogP contribution is 2.18. The van der Waals surface area contributed by atoms with Crippen molar-refractivity contribution < 1.29 is 4.39 Å². The Hall–Kier alpha value is -0.910. The van der Waals surface area contributed by atoms with Crippen LogP contribution < -0.4 is 0 Å². The average molecular weight is 344 g/mol. The molecule has 0 radical (unpaired) electrons. The monoisotopic (exact) mass is 344 g/mol. The highest BCUT2D eigenvalue weighted by atomic mass is 127. The van der Waals surface area contributed by atoms with Gasteiger partial charge >= 0.3 is 0 Å². The number of hydrogen-bond donors (Lipinski definition) is 0. The second kappa shape index (κ2) is 4.76. The summed E-state index contributed by atoms with van der Waals surface area (Å²) in [6.45, 7) is 6.64. The molecule has 4 heteroatoms. The first-order valence-electron chi connectivity index (χ1n) is 5.43. The summed E-state index contributed by atoms with van der Waals surface area (Å²) >= 11 is 2.29. The summed E-state index contributed by atoms with van der Waals surface area (Å²) in [5.74, 6) is -0.193. The maximum absolute atomic E-state index is 13.2. The van der Waals surface area contributed by atoms with Gasteiger partial charge in [0.15, 0.2) is 0 Å². The number of hydrogen-bond acceptors (Lipinski definition) is 1. The lowest BCUT2D eigenvalue weighted by atomic mass is 10.1. The zero-order valence-corrected chi connectivity index (χ0v) is 12.2. The van der Waals surface area contributed by atoms with Gasteiger partial charge in [-0.1, -0.05) is 6.07 Å². The summed E-state index contributed by atoms with van der Waals surface area (Å²) in [5, 5.41) is 4.46. The van der Waals surface area contributed by atoms with Crippen LogP contribution in [0.4, 0.5) is 4.39 Å². The van der Waals surface area contributed by atoms with Crippen LogP contribution in [0.3, 0.4) is 0 Å². The molecule has 0 saturated heterocycles. The normalized spacial score (nSPS) is 10.9. The van der Waals surface area contributed by atoms with Gasteiger partial charge in [0, 0.05) is 5.69 Å². The first-order valence-corrected chi connectivity index (χ1v) is 6.51. The van der Waals surface area contributed by atoms with Crippen LogP contribution in [0, 0.1) is 30.2 Å². The predicted octanol–water partition coefficient (Wildman–Crippen LogP) is 3.60. The molecule has 1 aromatic carbocycles. The van der Waals surface area contributed by atoms with Gasteiger partial charge < -0.3 is 0 Å². The van der Waals surface area contributed by atoms with E-state index in [1.165, 1.54) is 9.64 Å². The van der Waals surface area contributed by atoms with Gasteiger partial charge in [-0.25, -0.2) is 4.39 Å². The fraction of sp³-hybridized carbons (Fsp3) is 0.308. The summed E-state index contributed by atoms with van der Waals surface area (Å²) in [5.41, 5.74) is 4.23. The van der Waals surface area contributed by atoms with E-state index < -0.39 is 0 Å². The molecule has 0 unspecified atom stereocenters. The Labute approximate surface area is 114 Å². The molecule has 1 heterocycles. The molecule has 0 N–H and O–H groups in total. The van der Waals surface area contributed by atoms with Gasteiger partial charge in [-0.15, -0.1) is 0 Å². The van der Waals surface area contributed by atoms with E-state index >= 15 is 0 Å². The highest BCUT2D eigenvalue weighted by molar-refractivity contribution is 14.1. The van der Waals surface area contributed by atoms with Crippen molar-refractivity contribution in [3.63, 3.8) is 0 Å². The number of aryl methyl sites for hydroxylation is 2. The Kier molecular flexibility index (Phi) is 3.51. The van der Waals surface area contributed by atoms with Gasteiger partial charge in [0.1, 0.15) is 5.82 Å². The van der Waals surface area contributed by atoms with E-state index in [0.29, 0.717) is 6.54 Å². The highest BCUT2D eigenvalue weighted by Gasteiger charge is 2.10. The first kappa shape index (κ1) is 12.5. The lowest BCUT2D eigenvalue weighted by Gasteiger charge is -2.08. The van der Waals surface area contributed by atoms with Gasteiger partial charge in [-0.3, -0.25) is 4.68 Å². The van der Waals surface area contributed by atoms with E-state index in [1.54, 1.807) is 12.1 Å². The van der Waals surface area contributed by atoms with Crippen molar-refractivity contribution in [2.45, 2.75) is 27.3 Å². The average Bonchev–Trinajstić information content (AvgIpc) is 2.52. The lowest BCUT2D eigenvalue weighted by molar-refractivity contribution is 0.614. The molecular weight excluding hydrogens is 330 g/mol. The number of benzene rings is 1. The van der Waals surface area contributed by atoms with Gasteiger partial charge in [0.25, 0.3) is 0 Å². The van der Waals surface area contributed by atoms with E-state index in [0.717, 1.165) is 22.5 Å². The SMILES string of the molecule is Cc1ccc(F)cc1Cn1nc(C)c(I)c1C. The molecule has 1 aromatic heterocycles. The minimum atomic E-state index is -0.193. The molecule has 0 spiro atoms. The third kappa shape index (κ3) is 2.51. The Balaban J connectivity index is 2.37. The van der Waals surface area contributed by atoms with Gasteiger partial charge in [-0.2, -0.15) is 5.10 Å². The van der Waals surface area contributed by atoms with Crippen LogP contribution in [0.1, 0.15) is 22.5 Å². The molecule has 0 saturated carbocycles. The molecule has 0 bridgehead atoms. The van der Waals surface area contributed by atoms with E-state index in [9.17, 15) is 4.39 Å². The van der Waals surface area contributed by atoms with Crippen molar-refractivity contribution in [1.29, 1.82) is 0 Å². The second-order valence-corrected chi connectivity index (χ2v) is 5.29. The molecule has 17 heavy (non-hydrogen) atoms. The third-order valence-corrected chi connectivity index (χ3v) is 4.49. The molecule has 0 aliphatic heterocycles. The molecule has 2 aromatic rings. The molecule has 0 amide bonds. The summed E-state index contributed by atoms with van der Waals surface area (Å²) in [6.07, 6.45) is 0.